The summed E-state index contributed by atoms with van der Waals surface area (Å²) in [4.78, 5) is 33.2. The highest BCUT2D eigenvalue weighted by Gasteiger charge is 2.22. The molecule has 0 saturated carbocycles. The Bertz CT molecular complexity index is 1370. The van der Waals surface area contributed by atoms with Gasteiger partial charge in [-0.1, -0.05) is 0 Å². The molecule has 3 aromatic carbocycles. The molecule has 1 aliphatic rings. The van der Waals surface area contributed by atoms with Crippen molar-refractivity contribution in [2.45, 2.75) is 6.92 Å². The number of benzene rings is 3. The van der Waals surface area contributed by atoms with Crippen LogP contribution in [0.5, 0.6) is 28.7 Å². The number of nitro benzene ring substituents is 2. The van der Waals surface area contributed by atoms with E-state index in [1.807, 2.05) is 0 Å². The molecule has 3 aromatic rings. The third-order valence-electron chi connectivity index (χ3n) is 4.85. The summed E-state index contributed by atoms with van der Waals surface area (Å²) < 4.78 is 21.7. The topological polar surface area (TPSA) is 165 Å². The fraction of sp³-hybridized carbons (Fsp3) is 0.130. The molecule has 0 radical (unpaired) electrons. The maximum absolute atomic E-state index is 12.4. The molecule has 0 aliphatic carbocycles. The molecule has 1 amide bonds. The summed E-state index contributed by atoms with van der Waals surface area (Å²) in [6, 6.07) is 12.5. The zero-order chi connectivity index (χ0) is 25.7. The lowest BCUT2D eigenvalue weighted by Crippen LogP contribution is -2.17. The number of ether oxygens (including phenoxy) is 4. The molecule has 184 valence electrons. The second-order valence-corrected chi connectivity index (χ2v) is 7.17. The molecule has 4 rings (SSSR count). The first-order chi connectivity index (χ1) is 17.4. The maximum Gasteiger partial charge on any atom is 0.318 e. The molecule has 13 heteroatoms. The molecule has 0 unspecified atom stereocenters. The fourth-order valence-corrected chi connectivity index (χ4v) is 3.19. The second kappa shape index (κ2) is 10.4. The van der Waals surface area contributed by atoms with Crippen molar-refractivity contribution >= 4 is 23.5 Å². The van der Waals surface area contributed by atoms with Gasteiger partial charge in [-0.3, -0.25) is 25.0 Å². The Morgan fingerprint density at radius 3 is 2.53 bits per heavy atom. The molecule has 1 N–H and O–H groups in total. The lowest BCUT2D eigenvalue weighted by atomic mass is 10.2. The average Bonchev–Trinajstić information content (AvgIpc) is 3.33. The van der Waals surface area contributed by atoms with Gasteiger partial charge in [-0.05, 0) is 55.0 Å². The van der Waals surface area contributed by atoms with E-state index in [9.17, 15) is 25.0 Å². The minimum atomic E-state index is -0.771. The van der Waals surface area contributed by atoms with Crippen molar-refractivity contribution in [2.24, 2.45) is 5.10 Å². The van der Waals surface area contributed by atoms with Crippen LogP contribution in [0.15, 0.2) is 59.7 Å². The predicted molar refractivity (Wildman–Crippen MR) is 125 cm³/mol. The number of hydrogen-bond donors (Lipinski definition) is 1. The summed E-state index contributed by atoms with van der Waals surface area (Å²) >= 11 is 0. The van der Waals surface area contributed by atoms with Crippen molar-refractivity contribution in [1.29, 1.82) is 0 Å². The van der Waals surface area contributed by atoms with Gasteiger partial charge in [0.25, 0.3) is 11.6 Å². The second-order valence-electron chi connectivity index (χ2n) is 7.17. The summed E-state index contributed by atoms with van der Waals surface area (Å²) in [6.45, 7) is 2.10. The van der Waals surface area contributed by atoms with Crippen LogP contribution in [0.4, 0.5) is 11.4 Å². The maximum atomic E-state index is 12.4. The molecular formula is C23H18N4O9. The van der Waals surface area contributed by atoms with Gasteiger partial charge in [-0.25, -0.2) is 5.43 Å². The zero-order valence-electron chi connectivity index (χ0n) is 18.7. The van der Waals surface area contributed by atoms with Crippen LogP contribution in [-0.2, 0) is 0 Å². The summed E-state index contributed by atoms with van der Waals surface area (Å²) in [5.74, 6) is 0.771. The summed E-state index contributed by atoms with van der Waals surface area (Å²) in [5.41, 5.74) is 2.28. The molecule has 0 atom stereocenters. The van der Waals surface area contributed by atoms with Crippen molar-refractivity contribution in [2.75, 3.05) is 13.4 Å². The van der Waals surface area contributed by atoms with E-state index >= 15 is 0 Å². The van der Waals surface area contributed by atoms with Gasteiger partial charge in [-0.2, -0.15) is 5.10 Å². The molecule has 36 heavy (non-hydrogen) atoms. The molecular weight excluding hydrogens is 476 g/mol. The quantitative estimate of drug-likeness (QED) is 0.261. The van der Waals surface area contributed by atoms with Gasteiger partial charge in [0.2, 0.25) is 12.5 Å². The van der Waals surface area contributed by atoms with E-state index in [-0.39, 0.29) is 30.6 Å². The van der Waals surface area contributed by atoms with Gasteiger partial charge in [0.15, 0.2) is 23.0 Å². The largest absolute Gasteiger partial charge is 0.490 e. The van der Waals surface area contributed by atoms with Crippen molar-refractivity contribution in [3.8, 4) is 28.7 Å². The zero-order valence-corrected chi connectivity index (χ0v) is 18.7. The highest BCUT2D eigenvalue weighted by Crippen LogP contribution is 2.38. The SMILES string of the molecule is CCOc1cc(C=NNC(=O)c2ccc3c(c2)OCO3)ccc1Oc1ccc([N+](=O)[O-])cc1[N+](=O)[O-]. The number of carbonyl (C=O) groups excluding carboxylic acids is 1. The lowest BCUT2D eigenvalue weighted by Gasteiger charge is -2.12. The van der Waals surface area contributed by atoms with Crippen LogP contribution < -0.4 is 24.4 Å². The standard InChI is InChI=1S/C23H18N4O9/c1-2-33-21-9-14(12-24-25-23(28)15-4-7-19-22(10-15)35-13-34-19)3-6-20(21)36-18-8-5-16(26(29)30)11-17(18)27(31)32/h3-12H,2,13H2,1H3,(H,25,28). The molecule has 1 aliphatic heterocycles. The molecule has 0 aromatic heterocycles. The highest BCUT2D eigenvalue weighted by molar-refractivity contribution is 5.95. The average molecular weight is 494 g/mol. The van der Waals surface area contributed by atoms with E-state index in [2.05, 4.69) is 10.5 Å². The number of non-ortho nitro benzene ring substituents is 1. The van der Waals surface area contributed by atoms with Crippen LogP contribution >= 0.6 is 0 Å². The Labute approximate surface area is 203 Å². The van der Waals surface area contributed by atoms with E-state index in [1.165, 1.54) is 12.3 Å². The minimum absolute atomic E-state index is 0.0952. The Hall–Kier alpha value is -5.20. The predicted octanol–water partition coefficient (Wildman–Crippen LogP) is 4.19. The van der Waals surface area contributed by atoms with Crippen LogP contribution in [0.3, 0.4) is 0 Å². The van der Waals surface area contributed by atoms with Gasteiger partial charge in [0.1, 0.15) is 0 Å². The van der Waals surface area contributed by atoms with Gasteiger partial charge in [0, 0.05) is 11.6 Å². The van der Waals surface area contributed by atoms with E-state index in [0.717, 1.165) is 18.2 Å². The number of fused-ring (bicyclic) bond motifs is 1. The van der Waals surface area contributed by atoms with Crippen molar-refractivity contribution in [3.05, 3.63) is 86.0 Å². The normalized spacial score (nSPS) is 11.8. The number of carbonyl (C=O) groups is 1. The van der Waals surface area contributed by atoms with Crippen LogP contribution in [0, 0.1) is 20.2 Å². The first-order valence-electron chi connectivity index (χ1n) is 10.5. The fourth-order valence-electron chi connectivity index (χ4n) is 3.19. The van der Waals surface area contributed by atoms with E-state index in [0.29, 0.717) is 22.6 Å². The van der Waals surface area contributed by atoms with Crippen LogP contribution in [0.1, 0.15) is 22.8 Å². The molecule has 0 saturated heterocycles. The summed E-state index contributed by atoms with van der Waals surface area (Å²) in [7, 11) is 0. The van der Waals surface area contributed by atoms with Crippen LogP contribution in [-0.4, -0.2) is 35.4 Å². The molecule has 0 bridgehead atoms. The van der Waals surface area contributed by atoms with E-state index < -0.39 is 27.1 Å². The number of nitro groups is 2. The van der Waals surface area contributed by atoms with Crippen LogP contribution in [0.25, 0.3) is 0 Å². The first-order valence-corrected chi connectivity index (χ1v) is 10.5. The van der Waals surface area contributed by atoms with Crippen molar-refractivity contribution in [3.63, 3.8) is 0 Å². The van der Waals surface area contributed by atoms with Gasteiger partial charge >= 0.3 is 5.69 Å². The molecule has 13 nitrogen and oxygen atoms in total. The van der Waals surface area contributed by atoms with Gasteiger partial charge < -0.3 is 18.9 Å². The van der Waals surface area contributed by atoms with Crippen molar-refractivity contribution in [1.82, 2.24) is 5.43 Å². The Morgan fingerprint density at radius 2 is 1.78 bits per heavy atom. The number of rotatable bonds is 9. The molecule has 1 heterocycles. The summed E-state index contributed by atoms with van der Waals surface area (Å²) in [5, 5.41) is 26.3. The lowest BCUT2D eigenvalue weighted by molar-refractivity contribution is -0.394. The number of amides is 1. The van der Waals surface area contributed by atoms with Gasteiger partial charge in [-0.15, -0.1) is 0 Å². The summed E-state index contributed by atoms with van der Waals surface area (Å²) in [6.07, 6.45) is 1.38. The first kappa shape index (κ1) is 23.9. The number of nitrogens with one attached hydrogen (secondary N) is 1. The number of hydrazone groups is 1. The van der Waals surface area contributed by atoms with E-state index in [1.54, 1.807) is 37.3 Å². The Kier molecular flexibility index (Phi) is 6.90. The monoisotopic (exact) mass is 494 g/mol. The minimum Gasteiger partial charge on any atom is -0.490 e. The third kappa shape index (κ3) is 5.30. The van der Waals surface area contributed by atoms with Gasteiger partial charge in [0.05, 0.1) is 28.7 Å². The number of hydrogen-bond acceptors (Lipinski definition) is 10. The highest BCUT2D eigenvalue weighted by atomic mass is 16.7. The smallest absolute Gasteiger partial charge is 0.318 e. The molecule has 0 fully saturated rings. The van der Waals surface area contributed by atoms with Crippen LogP contribution in [0.2, 0.25) is 0 Å². The van der Waals surface area contributed by atoms with E-state index in [4.69, 9.17) is 18.9 Å². The third-order valence-corrected chi connectivity index (χ3v) is 4.85. The Morgan fingerprint density at radius 1 is 1.00 bits per heavy atom. The van der Waals surface area contributed by atoms with Crippen molar-refractivity contribution < 1.29 is 33.6 Å². The number of nitrogens with zero attached hydrogens (tertiary/aromatic N) is 3. The molecule has 0 spiro atoms. The Balaban J connectivity index is 1.50.